The zero-order valence-corrected chi connectivity index (χ0v) is 11.4. The van der Waals surface area contributed by atoms with E-state index in [4.69, 9.17) is 4.74 Å². The molecule has 3 nitrogen and oxygen atoms in total. The normalized spacial score (nSPS) is 11.2. The van der Waals surface area contributed by atoms with Gasteiger partial charge in [-0.2, -0.15) is 0 Å². The first kappa shape index (κ1) is 12.7. The number of fused-ring (bicyclic) bond motifs is 1. The van der Waals surface area contributed by atoms with Crippen LogP contribution in [0.25, 0.3) is 10.9 Å². The molecule has 0 atom stereocenters. The molecular weight excluding hydrogens is 226 g/mol. The minimum atomic E-state index is 0.490. The van der Waals surface area contributed by atoms with E-state index < -0.39 is 0 Å². The van der Waals surface area contributed by atoms with Crippen molar-refractivity contribution < 1.29 is 9.53 Å². The van der Waals surface area contributed by atoms with E-state index in [1.54, 1.807) is 0 Å². The SMILES string of the molecule is Cc1c(C=O)c2cc(OCC(C)C)ccc2n1C. The molecule has 0 aliphatic rings. The number of benzene rings is 1. The van der Waals surface area contributed by atoms with Crippen LogP contribution in [-0.4, -0.2) is 17.5 Å². The summed E-state index contributed by atoms with van der Waals surface area (Å²) in [6.07, 6.45) is 0.921. The van der Waals surface area contributed by atoms with E-state index in [-0.39, 0.29) is 0 Å². The van der Waals surface area contributed by atoms with Gasteiger partial charge in [-0.05, 0) is 31.0 Å². The molecule has 0 unspecified atom stereocenters. The summed E-state index contributed by atoms with van der Waals surface area (Å²) in [6, 6.07) is 5.91. The Hall–Kier alpha value is -1.77. The number of aryl methyl sites for hydroxylation is 1. The maximum Gasteiger partial charge on any atom is 0.152 e. The Balaban J connectivity index is 2.47. The highest BCUT2D eigenvalue weighted by atomic mass is 16.5. The van der Waals surface area contributed by atoms with E-state index in [9.17, 15) is 4.79 Å². The Morgan fingerprint density at radius 2 is 2.11 bits per heavy atom. The highest BCUT2D eigenvalue weighted by molar-refractivity contribution is 5.99. The molecule has 0 saturated heterocycles. The van der Waals surface area contributed by atoms with Crippen LogP contribution in [0.4, 0.5) is 0 Å². The quantitative estimate of drug-likeness (QED) is 0.774. The van der Waals surface area contributed by atoms with Crippen LogP contribution < -0.4 is 4.74 Å². The number of nitrogens with zero attached hydrogens (tertiary/aromatic N) is 1. The maximum atomic E-state index is 11.2. The molecular formula is C15H19NO2. The van der Waals surface area contributed by atoms with Gasteiger partial charge in [0.05, 0.1) is 6.61 Å². The lowest BCUT2D eigenvalue weighted by Crippen LogP contribution is -2.04. The van der Waals surface area contributed by atoms with Crippen LogP contribution in [0.5, 0.6) is 5.75 Å². The molecule has 0 fully saturated rings. The average molecular weight is 245 g/mol. The first-order valence-electron chi connectivity index (χ1n) is 6.21. The molecule has 2 rings (SSSR count). The van der Waals surface area contributed by atoms with E-state index in [0.717, 1.165) is 34.2 Å². The molecule has 0 spiro atoms. The van der Waals surface area contributed by atoms with Crippen LogP contribution in [0.1, 0.15) is 29.9 Å². The Morgan fingerprint density at radius 3 is 2.72 bits per heavy atom. The average Bonchev–Trinajstić information content (AvgIpc) is 2.59. The van der Waals surface area contributed by atoms with Crippen LogP contribution in [-0.2, 0) is 7.05 Å². The Bertz CT molecular complexity index is 582. The minimum absolute atomic E-state index is 0.490. The summed E-state index contributed by atoms with van der Waals surface area (Å²) >= 11 is 0. The molecule has 0 bridgehead atoms. The molecule has 96 valence electrons. The van der Waals surface area contributed by atoms with Gasteiger partial charge in [0.2, 0.25) is 0 Å². The largest absolute Gasteiger partial charge is 0.493 e. The molecule has 3 heteroatoms. The molecule has 18 heavy (non-hydrogen) atoms. The van der Waals surface area contributed by atoms with Gasteiger partial charge < -0.3 is 9.30 Å². The third-order valence-electron chi connectivity index (χ3n) is 3.21. The van der Waals surface area contributed by atoms with Gasteiger partial charge in [0, 0.05) is 29.2 Å². The summed E-state index contributed by atoms with van der Waals surface area (Å²) in [6.45, 7) is 6.87. The van der Waals surface area contributed by atoms with Crippen molar-refractivity contribution in [1.82, 2.24) is 4.57 Å². The van der Waals surface area contributed by atoms with Crippen molar-refractivity contribution in [2.45, 2.75) is 20.8 Å². The lowest BCUT2D eigenvalue weighted by molar-refractivity contribution is 0.112. The number of rotatable bonds is 4. The highest BCUT2D eigenvalue weighted by Crippen LogP contribution is 2.27. The molecule has 1 heterocycles. The summed E-state index contributed by atoms with van der Waals surface area (Å²) < 4.78 is 7.73. The Kier molecular flexibility index (Phi) is 3.41. The van der Waals surface area contributed by atoms with Gasteiger partial charge >= 0.3 is 0 Å². The van der Waals surface area contributed by atoms with Crippen LogP contribution in [0.3, 0.4) is 0 Å². The van der Waals surface area contributed by atoms with Gasteiger partial charge in [-0.25, -0.2) is 0 Å². The third-order valence-corrected chi connectivity index (χ3v) is 3.21. The van der Waals surface area contributed by atoms with E-state index in [0.29, 0.717) is 12.5 Å². The van der Waals surface area contributed by atoms with E-state index in [1.165, 1.54) is 0 Å². The topological polar surface area (TPSA) is 31.2 Å². The number of ether oxygens (including phenoxy) is 1. The van der Waals surface area contributed by atoms with E-state index in [1.807, 2.05) is 36.7 Å². The van der Waals surface area contributed by atoms with Crippen molar-refractivity contribution in [2.75, 3.05) is 6.61 Å². The Morgan fingerprint density at radius 1 is 1.39 bits per heavy atom. The second-order valence-corrected chi connectivity index (χ2v) is 5.06. The van der Waals surface area contributed by atoms with Gasteiger partial charge in [-0.3, -0.25) is 4.79 Å². The molecule has 0 radical (unpaired) electrons. The molecule has 2 aromatic rings. The second-order valence-electron chi connectivity index (χ2n) is 5.06. The van der Waals surface area contributed by atoms with Gasteiger partial charge in [-0.1, -0.05) is 13.8 Å². The number of aromatic nitrogens is 1. The summed E-state index contributed by atoms with van der Waals surface area (Å²) in [5, 5.41) is 0.964. The molecule has 0 N–H and O–H groups in total. The van der Waals surface area contributed by atoms with Crippen molar-refractivity contribution >= 4 is 17.2 Å². The third kappa shape index (κ3) is 2.13. The number of hydrogen-bond acceptors (Lipinski definition) is 2. The number of carbonyl (C=O) groups excluding carboxylic acids is 1. The zero-order chi connectivity index (χ0) is 13.3. The smallest absolute Gasteiger partial charge is 0.152 e. The van der Waals surface area contributed by atoms with Gasteiger partial charge in [0.25, 0.3) is 0 Å². The predicted octanol–water partition coefficient (Wildman–Crippen LogP) is 3.33. The number of aldehydes is 1. The number of carbonyl (C=O) groups is 1. The summed E-state index contributed by atoms with van der Waals surface area (Å²) in [5.41, 5.74) is 2.80. The van der Waals surface area contributed by atoms with Crippen LogP contribution >= 0.6 is 0 Å². The lowest BCUT2D eigenvalue weighted by Gasteiger charge is -2.08. The molecule has 1 aromatic heterocycles. The first-order valence-corrected chi connectivity index (χ1v) is 6.21. The van der Waals surface area contributed by atoms with Gasteiger partial charge in [-0.15, -0.1) is 0 Å². The summed E-state index contributed by atoms with van der Waals surface area (Å²) in [4.78, 5) is 11.2. The van der Waals surface area contributed by atoms with Crippen molar-refractivity contribution in [1.29, 1.82) is 0 Å². The van der Waals surface area contributed by atoms with Crippen molar-refractivity contribution in [3.05, 3.63) is 29.5 Å². The molecule has 0 aliphatic heterocycles. The zero-order valence-electron chi connectivity index (χ0n) is 11.4. The van der Waals surface area contributed by atoms with Crippen LogP contribution in [0, 0.1) is 12.8 Å². The summed E-state index contributed by atoms with van der Waals surface area (Å²) in [5.74, 6) is 1.31. The van der Waals surface area contributed by atoms with Crippen molar-refractivity contribution in [3.8, 4) is 5.75 Å². The van der Waals surface area contributed by atoms with Crippen molar-refractivity contribution in [2.24, 2.45) is 13.0 Å². The summed E-state index contributed by atoms with van der Waals surface area (Å²) in [7, 11) is 1.97. The van der Waals surface area contributed by atoms with E-state index >= 15 is 0 Å². The maximum absolute atomic E-state index is 11.2. The first-order chi connectivity index (χ1) is 8.54. The fraction of sp³-hybridized carbons (Fsp3) is 0.400. The molecule has 0 amide bonds. The number of hydrogen-bond donors (Lipinski definition) is 0. The van der Waals surface area contributed by atoms with Gasteiger partial charge in [0.1, 0.15) is 5.75 Å². The van der Waals surface area contributed by atoms with Crippen LogP contribution in [0.15, 0.2) is 18.2 Å². The Labute approximate surface area is 107 Å². The minimum Gasteiger partial charge on any atom is -0.493 e. The fourth-order valence-corrected chi connectivity index (χ4v) is 2.08. The molecule has 1 aromatic carbocycles. The van der Waals surface area contributed by atoms with Gasteiger partial charge in [0.15, 0.2) is 6.29 Å². The monoisotopic (exact) mass is 245 g/mol. The second kappa shape index (κ2) is 4.84. The van der Waals surface area contributed by atoms with Crippen LogP contribution in [0.2, 0.25) is 0 Å². The fourth-order valence-electron chi connectivity index (χ4n) is 2.08. The predicted molar refractivity (Wildman–Crippen MR) is 73.4 cm³/mol. The standard InChI is InChI=1S/C15H19NO2/c1-10(2)9-18-12-5-6-15-13(7-12)14(8-17)11(3)16(15)4/h5-8,10H,9H2,1-4H3. The van der Waals surface area contributed by atoms with Crippen molar-refractivity contribution in [3.63, 3.8) is 0 Å². The molecule has 0 saturated carbocycles. The van der Waals surface area contributed by atoms with E-state index in [2.05, 4.69) is 13.8 Å². The lowest BCUT2D eigenvalue weighted by atomic mass is 10.1. The highest BCUT2D eigenvalue weighted by Gasteiger charge is 2.12. The molecule has 0 aliphatic carbocycles.